The molecular formula is C53H29N3O. The average Bonchev–Trinajstić information content (AvgIpc) is 3.92. The minimum atomic E-state index is -0.469. The summed E-state index contributed by atoms with van der Waals surface area (Å²) in [5.41, 5.74) is 14.2. The maximum atomic E-state index is 6.52. The highest BCUT2D eigenvalue weighted by Gasteiger charge is 2.50. The zero-order valence-electron chi connectivity index (χ0n) is 30.5. The third-order valence-electron chi connectivity index (χ3n) is 13.0. The van der Waals surface area contributed by atoms with Crippen molar-refractivity contribution in [3.05, 3.63) is 198 Å². The van der Waals surface area contributed by atoms with Crippen molar-refractivity contribution in [1.82, 2.24) is 14.5 Å². The van der Waals surface area contributed by atoms with Crippen molar-refractivity contribution >= 4 is 76.2 Å². The molecule has 4 heteroatoms. The molecule has 0 radical (unpaired) electrons. The van der Waals surface area contributed by atoms with E-state index in [4.69, 9.17) is 14.4 Å². The first-order valence-electron chi connectivity index (χ1n) is 19.6. The molecule has 4 nitrogen and oxygen atoms in total. The molecular weight excluding hydrogens is 695 g/mol. The Morgan fingerprint density at radius 3 is 1.96 bits per heavy atom. The van der Waals surface area contributed by atoms with E-state index < -0.39 is 5.41 Å². The first-order chi connectivity index (χ1) is 28.3. The fraction of sp³-hybridized carbons (Fsp3) is 0.0189. The smallest absolute Gasteiger partial charge is 0.235 e. The van der Waals surface area contributed by atoms with Crippen LogP contribution in [-0.2, 0) is 5.41 Å². The lowest BCUT2D eigenvalue weighted by Crippen LogP contribution is -2.30. The van der Waals surface area contributed by atoms with E-state index in [1.165, 1.54) is 60.3 Å². The summed E-state index contributed by atoms with van der Waals surface area (Å²) in [6, 6.07) is 63.9. The Morgan fingerprint density at radius 1 is 0.439 bits per heavy atom. The highest BCUT2D eigenvalue weighted by Crippen LogP contribution is 2.62. The minimum Gasteiger partial charge on any atom is -0.455 e. The fourth-order valence-electron chi connectivity index (χ4n) is 10.8. The van der Waals surface area contributed by atoms with Crippen molar-refractivity contribution in [2.45, 2.75) is 5.41 Å². The second kappa shape index (κ2) is 10.4. The van der Waals surface area contributed by atoms with Gasteiger partial charge in [-0.15, -0.1) is 0 Å². The molecule has 0 saturated carbocycles. The highest BCUT2D eigenvalue weighted by molar-refractivity contribution is 6.26. The third kappa shape index (κ3) is 3.55. The van der Waals surface area contributed by atoms with Gasteiger partial charge in [-0.2, -0.15) is 0 Å². The van der Waals surface area contributed by atoms with Gasteiger partial charge in [0.25, 0.3) is 0 Å². The first kappa shape index (κ1) is 29.8. The van der Waals surface area contributed by atoms with Crippen LogP contribution in [0.2, 0.25) is 0 Å². The number of aromatic nitrogens is 3. The molecule has 57 heavy (non-hydrogen) atoms. The molecule has 1 spiro atoms. The molecule has 14 rings (SSSR count). The molecule has 0 saturated heterocycles. The van der Waals surface area contributed by atoms with Gasteiger partial charge in [-0.1, -0.05) is 133 Å². The monoisotopic (exact) mass is 723 g/mol. The summed E-state index contributed by atoms with van der Waals surface area (Å²) in [4.78, 5) is 10.9. The van der Waals surface area contributed by atoms with Crippen molar-refractivity contribution in [2.75, 3.05) is 0 Å². The standard InChI is InChI=1S/C53H29N3O/c1-2-13-33-30(11-1)23-26-36-38-29-32(25-28-46(38)57-51(33)36)50-37-16-5-8-21-43(37)54-52(55-50)56-44-22-10-20-42-48(44)49-45(56)27-24-31-12-9-19-41(47(31)49)53(42)39-17-6-3-14-34(39)35-15-4-7-18-40(35)53/h1-29H. The summed E-state index contributed by atoms with van der Waals surface area (Å²) in [6.45, 7) is 0. The molecule has 0 atom stereocenters. The summed E-state index contributed by atoms with van der Waals surface area (Å²) < 4.78 is 8.83. The maximum absolute atomic E-state index is 6.52. The molecule has 12 aromatic rings. The number of benzene rings is 9. The Morgan fingerprint density at radius 2 is 1.11 bits per heavy atom. The molecule has 0 bridgehead atoms. The lowest BCUT2D eigenvalue weighted by Gasteiger charge is -2.37. The SMILES string of the molecule is c1ccc2c(c1)-c1ccccc1C21c2cccc3ccc4c(c23)c2c1cccc2n4-c1nc(-c2ccc3oc4c5ccccc5ccc4c3c2)c2ccccc2n1. The van der Waals surface area contributed by atoms with Crippen molar-refractivity contribution in [3.63, 3.8) is 0 Å². The van der Waals surface area contributed by atoms with Gasteiger partial charge in [-0.05, 0) is 92.0 Å². The molecule has 0 fully saturated rings. The van der Waals surface area contributed by atoms with Crippen molar-refractivity contribution in [3.8, 4) is 28.3 Å². The molecule has 0 N–H and O–H groups in total. The molecule has 2 aliphatic rings. The minimum absolute atomic E-state index is 0.469. The van der Waals surface area contributed by atoms with E-state index >= 15 is 0 Å². The zero-order valence-corrected chi connectivity index (χ0v) is 30.5. The topological polar surface area (TPSA) is 43.9 Å². The predicted octanol–water partition coefficient (Wildman–Crippen LogP) is 13.3. The van der Waals surface area contributed by atoms with Crippen LogP contribution in [0, 0.1) is 0 Å². The van der Waals surface area contributed by atoms with Gasteiger partial charge in [0.15, 0.2) is 0 Å². The first-order valence-corrected chi connectivity index (χ1v) is 19.6. The molecule has 2 aliphatic carbocycles. The number of para-hydroxylation sites is 1. The van der Waals surface area contributed by atoms with Crippen LogP contribution in [-0.4, -0.2) is 14.5 Å². The van der Waals surface area contributed by atoms with Gasteiger partial charge >= 0.3 is 0 Å². The second-order valence-corrected chi connectivity index (χ2v) is 15.6. The number of nitrogens with zero attached hydrogens (tertiary/aromatic N) is 3. The summed E-state index contributed by atoms with van der Waals surface area (Å²) >= 11 is 0. The van der Waals surface area contributed by atoms with Crippen LogP contribution in [0.3, 0.4) is 0 Å². The van der Waals surface area contributed by atoms with E-state index in [0.29, 0.717) is 5.95 Å². The Hall–Kier alpha value is -7.56. The maximum Gasteiger partial charge on any atom is 0.235 e. The molecule has 0 unspecified atom stereocenters. The summed E-state index contributed by atoms with van der Waals surface area (Å²) in [5, 5.41) is 10.5. The van der Waals surface area contributed by atoms with Gasteiger partial charge in [-0.25, -0.2) is 9.97 Å². The second-order valence-electron chi connectivity index (χ2n) is 15.6. The van der Waals surface area contributed by atoms with Crippen LogP contribution in [0.25, 0.3) is 105 Å². The summed E-state index contributed by atoms with van der Waals surface area (Å²) in [6.07, 6.45) is 0. The molecule has 3 heterocycles. The van der Waals surface area contributed by atoms with Crippen LogP contribution < -0.4 is 0 Å². The van der Waals surface area contributed by atoms with Gasteiger partial charge in [0.05, 0.1) is 27.7 Å². The van der Waals surface area contributed by atoms with E-state index in [9.17, 15) is 0 Å². The van der Waals surface area contributed by atoms with E-state index in [2.05, 4.69) is 180 Å². The quantitative estimate of drug-likeness (QED) is 0.178. The third-order valence-corrected chi connectivity index (χ3v) is 13.0. The largest absolute Gasteiger partial charge is 0.455 e. The Balaban J connectivity index is 1.08. The lowest BCUT2D eigenvalue weighted by molar-refractivity contribution is 0.672. The van der Waals surface area contributed by atoms with Gasteiger partial charge in [0, 0.05) is 37.9 Å². The summed E-state index contributed by atoms with van der Waals surface area (Å²) in [5.74, 6) is 0.656. The van der Waals surface area contributed by atoms with Crippen molar-refractivity contribution in [1.29, 1.82) is 0 Å². The van der Waals surface area contributed by atoms with Crippen LogP contribution in [0.4, 0.5) is 0 Å². The number of hydrogen-bond acceptors (Lipinski definition) is 3. The number of furan rings is 1. The number of rotatable bonds is 2. The Bertz CT molecular complexity index is 3730. The van der Waals surface area contributed by atoms with E-state index in [-0.39, 0.29) is 0 Å². The summed E-state index contributed by atoms with van der Waals surface area (Å²) in [7, 11) is 0. The highest BCUT2D eigenvalue weighted by atomic mass is 16.3. The number of hydrogen-bond donors (Lipinski definition) is 0. The van der Waals surface area contributed by atoms with Crippen LogP contribution in [0.5, 0.6) is 0 Å². The van der Waals surface area contributed by atoms with Crippen LogP contribution >= 0.6 is 0 Å². The van der Waals surface area contributed by atoms with Gasteiger partial charge < -0.3 is 4.42 Å². The molecule has 3 aromatic heterocycles. The van der Waals surface area contributed by atoms with Crippen LogP contribution in [0.1, 0.15) is 22.3 Å². The normalized spacial score (nSPS) is 13.8. The van der Waals surface area contributed by atoms with Gasteiger partial charge in [-0.3, -0.25) is 4.57 Å². The number of fused-ring (bicyclic) bond motifs is 13. The van der Waals surface area contributed by atoms with E-state index in [1.807, 2.05) is 0 Å². The fourth-order valence-corrected chi connectivity index (χ4v) is 10.8. The van der Waals surface area contributed by atoms with Crippen molar-refractivity contribution < 1.29 is 4.42 Å². The zero-order chi connectivity index (χ0) is 37.0. The average molecular weight is 724 g/mol. The molecule has 9 aromatic carbocycles. The Labute approximate surface area is 325 Å². The Kier molecular flexibility index (Phi) is 5.42. The van der Waals surface area contributed by atoms with Crippen LogP contribution in [0.15, 0.2) is 180 Å². The lowest BCUT2D eigenvalue weighted by atomic mass is 9.63. The predicted molar refractivity (Wildman–Crippen MR) is 232 cm³/mol. The van der Waals surface area contributed by atoms with E-state index in [1.54, 1.807) is 0 Å². The molecule has 262 valence electrons. The van der Waals surface area contributed by atoms with Gasteiger partial charge in [0.2, 0.25) is 5.95 Å². The van der Waals surface area contributed by atoms with Crippen molar-refractivity contribution in [2.24, 2.45) is 0 Å². The van der Waals surface area contributed by atoms with E-state index in [0.717, 1.165) is 60.5 Å². The molecule has 0 amide bonds. The molecule has 0 aliphatic heterocycles. The van der Waals surface area contributed by atoms with Gasteiger partial charge in [0.1, 0.15) is 11.2 Å².